The molecule has 0 aromatic heterocycles. The first-order valence-corrected chi connectivity index (χ1v) is 5.12. The van der Waals surface area contributed by atoms with Gasteiger partial charge in [-0.05, 0) is 42.2 Å². The van der Waals surface area contributed by atoms with Crippen molar-refractivity contribution in [3.63, 3.8) is 0 Å². The zero-order valence-corrected chi connectivity index (χ0v) is 8.19. The molecule has 0 unspecified atom stereocenters. The van der Waals surface area contributed by atoms with Crippen LogP contribution in [0.3, 0.4) is 0 Å². The van der Waals surface area contributed by atoms with Gasteiger partial charge >= 0.3 is 0 Å². The van der Waals surface area contributed by atoms with Gasteiger partial charge < -0.3 is 0 Å². The third-order valence-corrected chi connectivity index (χ3v) is 3.45. The maximum Gasteiger partial charge on any atom is -0.0222 e. The highest BCUT2D eigenvalue weighted by molar-refractivity contribution is 5.39. The molecule has 0 saturated heterocycles. The molecule has 1 fully saturated rings. The van der Waals surface area contributed by atoms with Crippen LogP contribution in [0.1, 0.15) is 46.0 Å². The highest BCUT2D eigenvalue weighted by Crippen LogP contribution is 2.48. The van der Waals surface area contributed by atoms with Crippen molar-refractivity contribution in [2.45, 2.75) is 46.0 Å². The minimum atomic E-state index is 0.585. The van der Waals surface area contributed by atoms with E-state index < -0.39 is 0 Å². The largest absolute Gasteiger partial charge is 0.0807 e. The highest BCUT2D eigenvalue weighted by atomic mass is 14.4. The zero-order chi connectivity index (χ0) is 8.60. The van der Waals surface area contributed by atoms with Crippen LogP contribution in [0.4, 0.5) is 0 Å². The first kappa shape index (κ1) is 8.10. The predicted molar refractivity (Wildman–Crippen MR) is 53.0 cm³/mol. The average Bonchev–Trinajstić information content (AvgIpc) is 2.42. The van der Waals surface area contributed by atoms with E-state index >= 15 is 0 Å². The quantitative estimate of drug-likeness (QED) is 0.549. The first-order valence-electron chi connectivity index (χ1n) is 5.12. The van der Waals surface area contributed by atoms with Crippen molar-refractivity contribution in [1.82, 2.24) is 0 Å². The third-order valence-electron chi connectivity index (χ3n) is 3.45. The fourth-order valence-electron chi connectivity index (χ4n) is 2.38. The second kappa shape index (κ2) is 2.76. The maximum absolute atomic E-state index is 2.45. The van der Waals surface area contributed by atoms with Crippen LogP contribution in [0.25, 0.3) is 0 Å². The molecule has 0 N–H and O–H groups in total. The number of fused-ring (bicyclic) bond motifs is 1. The van der Waals surface area contributed by atoms with Crippen LogP contribution < -0.4 is 0 Å². The lowest BCUT2D eigenvalue weighted by Crippen LogP contribution is -2.08. The first-order chi connectivity index (χ1) is 5.73. The summed E-state index contributed by atoms with van der Waals surface area (Å²) in [4.78, 5) is 0. The third kappa shape index (κ3) is 1.24. The van der Waals surface area contributed by atoms with Gasteiger partial charge in [0.2, 0.25) is 0 Å². The summed E-state index contributed by atoms with van der Waals surface area (Å²) in [6, 6.07) is 0. The Morgan fingerprint density at radius 2 is 1.67 bits per heavy atom. The van der Waals surface area contributed by atoms with Gasteiger partial charge in [0, 0.05) is 0 Å². The van der Waals surface area contributed by atoms with Crippen molar-refractivity contribution in [3.05, 3.63) is 23.3 Å². The molecule has 2 aliphatic rings. The van der Waals surface area contributed by atoms with E-state index in [1.165, 1.54) is 32.1 Å². The Kier molecular flexibility index (Phi) is 1.86. The summed E-state index contributed by atoms with van der Waals surface area (Å²) >= 11 is 0. The van der Waals surface area contributed by atoms with Gasteiger partial charge in [-0.15, -0.1) is 0 Å². The fraction of sp³-hybridized carbons (Fsp3) is 0.667. The van der Waals surface area contributed by atoms with Crippen molar-refractivity contribution in [1.29, 1.82) is 0 Å². The molecule has 2 aliphatic carbocycles. The normalized spacial score (nSPS) is 26.2. The van der Waals surface area contributed by atoms with Crippen molar-refractivity contribution in [3.8, 4) is 0 Å². The summed E-state index contributed by atoms with van der Waals surface area (Å²) in [5.41, 5.74) is 3.90. The molecule has 0 bridgehead atoms. The van der Waals surface area contributed by atoms with Crippen LogP contribution in [-0.4, -0.2) is 0 Å². The highest BCUT2D eigenvalue weighted by Gasteiger charge is 2.33. The average molecular weight is 162 g/mol. The van der Waals surface area contributed by atoms with E-state index in [1.54, 1.807) is 11.1 Å². The van der Waals surface area contributed by atoms with Gasteiger partial charge in [-0.3, -0.25) is 0 Å². The van der Waals surface area contributed by atoms with Crippen molar-refractivity contribution in [2.75, 3.05) is 0 Å². The summed E-state index contributed by atoms with van der Waals surface area (Å²) in [5, 5.41) is 0. The van der Waals surface area contributed by atoms with Crippen LogP contribution in [0.5, 0.6) is 0 Å². The Morgan fingerprint density at radius 3 is 2.08 bits per heavy atom. The molecule has 0 aromatic carbocycles. The summed E-state index contributed by atoms with van der Waals surface area (Å²) < 4.78 is 0. The minimum absolute atomic E-state index is 0.585. The zero-order valence-electron chi connectivity index (χ0n) is 8.19. The summed E-state index contributed by atoms with van der Waals surface area (Å²) in [6.07, 6.45) is 11.4. The van der Waals surface area contributed by atoms with E-state index in [2.05, 4.69) is 26.0 Å². The molecule has 0 amide bonds. The van der Waals surface area contributed by atoms with Gasteiger partial charge in [-0.1, -0.05) is 32.4 Å². The lowest BCUT2D eigenvalue weighted by Gasteiger charge is -2.19. The Morgan fingerprint density at radius 1 is 1.17 bits per heavy atom. The Balaban J connectivity index is 2.24. The van der Waals surface area contributed by atoms with Crippen molar-refractivity contribution >= 4 is 0 Å². The molecule has 2 rings (SSSR count). The molecule has 0 aliphatic heterocycles. The summed E-state index contributed by atoms with van der Waals surface area (Å²) in [5.74, 6) is 0. The molecule has 0 spiro atoms. The molecule has 0 aromatic rings. The maximum atomic E-state index is 2.45. The second-order valence-corrected chi connectivity index (χ2v) is 4.55. The fourth-order valence-corrected chi connectivity index (χ4v) is 2.38. The van der Waals surface area contributed by atoms with Crippen LogP contribution in [0, 0.1) is 5.41 Å². The number of rotatable bonds is 1. The standard InChI is InChI=1S/C12H18/c1-3-12(2)8-10-6-4-5-7-11(10)9-12/h6-7H,3-5,8-9H2,1-2H3. The van der Waals surface area contributed by atoms with Crippen molar-refractivity contribution < 1.29 is 0 Å². The molecular formula is C12H18. The topological polar surface area (TPSA) is 0 Å². The van der Waals surface area contributed by atoms with Crippen molar-refractivity contribution in [2.24, 2.45) is 5.41 Å². The van der Waals surface area contributed by atoms with E-state index in [1.807, 2.05) is 0 Å². The smallest absolute Gasteiger partial charge is 0.0222 e. The Labute approximate surface area is 75.4 Å². The monoisotopic (exact) mass is 162 g/mol. The molecule has 0 nitrogen and oxygen atoms in total. The van der Waals surface area contributed by atoms with E-state index in [0.717, 1.165) is 0 Å². The van der Waals surface area contributed by atoms with Gasteiger partial charge in [-0.2, -0.15) is 0 Å². The number of hydrogen-bond donors (Lipinski definition) is 0. The molecule has 12 heavy (non-hydrogen) atoms. The molecule has 0 heteroatoms. The molecule has 0 heterocycles. The lowest BCUT2D eigenvalue weighted by molar-refractivity contribution is 0.340. The SMILES string of the molecule is CCC1(C)CC2=CCCC=C2C1. The van der Waals surface area contributed by atoms with E-state index in [-0.39, 0.29) is 0 Å². The second-order valence-electron chi connectivity index (χ2n) is 4.55. The van der Waals surface area contributed by atoms with Gasteiger partial charge in [0.1, 0.15) is 0 Å². The molecular weight excluding hydrogens is 144 g/mol. The summed E-state index contributed by atoms with van der Waals surface area (Å²) in [6.45, 7) is 4.74. The van der Waals surface area contributed by atoms with E-state index in [0.29, 0.717) is 5.41 Å². The van der Waals surface area contributed by atoms with Gasteiger partial charge in [0.15, 0.2) is 0 Å². The van der Waals surface area contributed by atoms with E-state index in [4.69, 9.17) is 0 Å². The van der Waals surface area contributed by atoms with Crippen LogP contribution in [-0.2, 0) is 0 Å². The Hall–Kier alpha value is -0.520. The molecule has 0 radical (unpaired) electrons. The predicted octanol–water partition coefficient (Wildman–Crippen LogP) is 3.84. The summed E-state index contributed by atoms with van der Waals surface area (Å²) in [7, 11) is 0. The van der Waals surface area contributed by atoms with Crippen LogP contribution >= 0.6 is 0 Å². The molecule has 1 saturated carbocycles. The van der Waals surface area contributed by atoms with Gasteiger partial charge in [0.25, 0.3) is 0 Å². The number of hydrogen-bond acceptors (Lipinski definition) is 0. The Bertz CT molecular complexity index is 221. The van der Waals surface area contributed by atoms with Gasteiger partial charge in [0.05, 0.1) is 0 Å². The van der Waals surface area contributed by atoms with Gasteiger partial charge in [-0.25, -0.2) is 0 Å². The van der Waals surface area contributed by atoms with Crippen LogP contribution in [0.15, 0.2) is 23.3 Å². The molecule has 0 atom stereocenters. The molecule has 66 valence electrons. The number of allylic oxidation sites excluding steroid dienone is 4. The van der Waals surface area contributed by atoms with E-state index in [9.17, 15) is 0 Å². The van der Waals surface area contributed by atoms with Crippen LogP contribution in [0.2, 0.25) is 0 Å². The minimum Gasteiger partial charge on any atom is -0.0807 e. The lowest BCUT2D eigenvalue weighted by atomic mass is 9.85.